The summed E-state index contributed by atoms with van der Waals surface area (Å²) in [7, 11) is 0. The summed E-state index contributed by atoms with van der Waals surface area (Å²) in [4.78, 5) is 8.90. The van der Waals surface area contributed by atoms with Crippen molar-refractivity contribution in [1.29, 1.82) is 0 Å². The molecule has 0 fully saturated rings. The zero-order valence-corrected chi connectivity index (χ0v) is 14.8. The third-order valence-electron chi connectivity index (χ3n) is 4.36. The van der Waals surface area contributed by atoms with E-state index in [-0.39, 0.29) is 5.82 Å². The van der Waals surface area contributed by atoms with Crippen LogP contribution in [0.5, 0.6) is 0 Å². The highest BCUT2D eigenvalue weighted by Crippen LogP contribution is 2.25. The zero-order chi connectivity index (χ0) is 20.0. The van der Waals surface area contributed by atoms with Crippen LogP contribution < -0.4 is 5.32 Å². The van der Waals surface area contributed by atoms with Gasteiger partial charge in [0, 0.05) is 13.0 Å². The van der Waals surface area contributed by atoms with Gasteiger partial charge in [0.2, 0.25) is 0 Å². The standard InChI is InChI=1S/C18H20FN.C2HF3O2/c1-13-12-20-9-8-15-7-6-14(11-17(13)15)10-16-4-2-3-5-18(16)19;3-2(4,5)1(6)7/h2-7,11,13,20H,8-10,12H2,1H3;(H,6,7)/t13-;/m1./s1. The van der Waals surface area contributed by atoms with Crippen LogP contribution in [0.2, 0.25) is 0 Å². The largest absolute Gasteiger partial charge is 0.490 e. The molecule has 1 heterocycles. The number of carbonyl (C=O) groups is 1. The van der Waals surface area contributed by atoms with Crippen LogP contribution >= 0.6 is 0 Å². The molecule has 27 heavy (non-hydrogen) atoms. The van der Waals surface area contributed by atoms with Crippen molar-refractivity contribution in [2.24, 2.45) is 0 Å². The fourth-order valence-corrected chi connectivity index (χ4v) is 2.95. The number of halogens is 4. The van der Waals surface area contributed by atoms with E-state index in [4.69, 9.17) is 9.90 Å². The molecule has 0 saturated heterocycles. The summed E-state index contributed by atoms with van der Waals surface area (Å²) in [6.07, 6.45) is -3.33. The molecule has 2 aromatic rings. The van der Waals surface area contributed by atoms with Crippen LogP contribution in [0.25, 0.3) is 0 Å². The van der Waals surface area contributed by atoms with Crippen molar-refractivity contribution >= 4 is 5.97 Å². The summed E-state index contributed by atoms with van der Waals surface area (Å²) in [5.41, 5.74) is 4.82. The molecule has 3 rings (SSSR count). The van der Waals surface area contributed by atoms with Gasteiger partial charge in [-0.25, -0.2) is 9.18 Å². The highest BCUT2D eigenvalue weighted by Gasteiger charge is 2.38. The first-order valence-corrected chi connectivity index (χ1v) is 8.54. The average Bonchev–Trinajstić information content (AvgIpc) is 2.78. The first-order valence-electron chi connectivity index (χ1n) is 8.54. The van der Waals surface area contributed by atoms with Crippen molar-refractivity contribution in [3.63, 3.8) is 0 Å². The van der Waals surface area contributed by atoms with E-state index < -0.39 is 12.1 Å². The van der Waals surface area contributed by atoms with Crippen LogP contribution in [0.3, 0.4) is 0 Å². The van der Waals surface area contributed by atoms with Gasteiger partial charge < -0.3 is 10.4 Å². The van der Waals surface area contributed by atoms with Crippen LogP contribution in [0, 0.1) is 5.82 Å². The van der Waals surface area contributed by atoms with E-state index in [0.29, 0.717) is 12.3 Å². The number of benzene rings is 2. The van der Waals surface area contributed by atoms with E-state index in [1.165, 1.54) is 22.8 Å². The lowest BCUT2D eigenvalue weighted by atomic mass is 9.91. The van der Waals surface area contributed by atoms with Gasteiger partial charge in [0.15, 0.2) is 0 Å². The maximum Gasteiger partial charge on any atom is 0.490 e. The van der Waals surface area contributed by atoms with E-state index in [2.05, 4.69) is 30.4 Å². The Hall–Kier alpha value is -2.41. The lowest BCUT2D eigenvalue weighted by Gasteiger charge is -2.14. The third-order valence-corrected chi connectivity index (χ3v) is 4.36. The Morgan fingerprint density at radius 2 is 1.89 bits per heavy atom. The van der Waals surface area contributed by atoms with Crippen LogP contribution in [-0.2, 0) is 17.6 Å². The van der Waals surface area contributed by atoms with Crippen molar-refractivity contribution in [1.82, 2.24) is 5.32 Å². The van der Waals surface area contributed by atoms with Crippen molar-refractivity contribution in [3.05, 3.63) is 70.5 Å². The van der Waals surface area contributed by atoms with Gasteiger partial charge in [-0.3, -0.25) is 0 Å². The Balaban J connectivity index is 0.000000321. The molecule has 0 saturated carbocycles. The van der Waals surface area contributed by atoms with Gasteiger partial charge in [-0.05, 0) is 47.2 Å². The molecule has 2 N–H and O–H groups in total. The molecule has 0 aliphatic carbocycles. The molecule has 1 atom stereocenters. The fraction of sp³-hybridized carbons (Fsp3) is 0.350. The Kier molecular flexibility index (Phi) is 6.96. The van der Waals surface area contributed by atoms with Crippen LogP contribution in [0.4, 0.5) is 17.6 Å². The van der Waals surface area contributed by atoms with Crippen LogP contribution in [0.1, 0.15) is 35.1 Å². The Bertz CT molecular complexity index is 790. The maximum absolute atomic E-state index is 13.7. The fourth-order valence-electron chi connectivity index (χ4n) is 2.95. The smallest absolute Gasteiger partial charge is 0.475 e. The quantitative estimate of drug-likeness (QED) is 0.761. The van der Waals surface area contributed by atoms with Crippen molar-refractivity contribution in [2.75, 3.05) is 13.1 Å². The first-order chi connectivity index (χ1) is 12.7. The molecule has 7 heteroatoms. The molecule has 3 nitrogen and oxygen atoms in total. The minimum atomic E-state index is -5.08. The number of fused-ring (bicyclic) bond motifs is 1. The molecule has 0 amide bonds. The summed E-state index contributed by atoms with van der Waals surface area (Å²) in [5.74, 6) is -2.35. The van der Waals surface area contributed by atoms with Gasteiger partial charge in [0.05, 0.1) is 0 Å². The summed E-state index contributed by atoms with van der Waals surface area (Å²) >= 11 is 0. The topological polar surface area (TPSA) is 49.3 Å². The number of aliphatic carboxylic acids is 1. The molecular formula is C20H21F4NO2. The zero-order valence-electron chi connectivity index (χ0n) is 14.8. The molecule has 0 unspecified atom stereocenters. The second-order valence-corrected chi connectivity index (χ2v) is 6.46. The number of alkyl halides is 3. The van der Waals surface area contributed by atoms with Crippen molar-refractivity contribution in [2.45, 2.75) is 31.9 Å². The number of carboxylic acid groups (broad SMARTS) is 1. The molecule has 2 aromatic carbocycles. The molecule has 1 aliphatic rings. The summed E-state index contributed by atoms with van der Waals surface area (Å²) in [6, 6.07) is 13.7. The maximum atomic E-state index is 13.7. The van der Waals surface area contributed by atoms with Crippen LogP contribution in [-0.4, -0.2) is 30.3 Å². The first kappa shape index (κ1) is 20.9. The average molecular weight is 383 g/mol. The third kappa shape index (κ3) is 6.06. The van der Waals surface area contributed by atoms with E-state index in [1.54, 1.807) is 6.07 Å². The second-order valence-electron chi connectivity index (χ2n) is 6.46. The molecule has 146 valence electrons. The predicted octanol–water partition coefficient (Wildman–Crippen LogP) is 4.30. The van der Waals surface area contributed by atoms with Gasteiger partial charge in [-0.2, -0.15) is 13.2 Å². The van der Waals surface area contributed by atoms with Crippen LogP contribution in [0.15, 0.2) is 42.5 Å². The number of nitrogens with one attached hydrogen (secondary N) is 1. The highest BCUT2D eigenvalue weighted by atomic mass is 19.4. The molecule has 0 radical (unpaired) electrons. The van der Waals surface area contributed by atoms with Crippen molar-refractivity contribution < 1.29 is 27.5 Å². The summed E-state index contributed by atoms with van der Waals surface area (Å²) < 4.78 is 45.5. The minimum absolute atomic E-state index is 0.114. The normalized spacial score (nSPS) is 16.6. The molecule has 0 aromatic heterocycles. The second kappa shape index (κ2) is 8.99. The Morgan fingerprint density at radius 3 is 2.52 bits per heavy atom. The lowest BCUT2D eigenvalue weighted by molar-refractivity contribution is -0.192. The lowest BCUT2D eigenvalue weighted by Crippen LogP contribution is -2.21. The van der Waals surface area contributed by atoms with E-state index in [0.717, 1.165) is 25.1 Å². The molecular weight excluding hydrogens is 362 g/mol. The summed E-state index contributed by atoms with van der Waals surface area (Å²) in [6.45, 7) is 4.32. The molecule has 1 aliphatic heterocycles. The number of rotatable bonds is 2. The predicted molar refractivity (Wildman–Crippen MR) is 94.3 cm³/mol. The van der Waals surface area contributed by atoms with E-state index in [1.807, 2.05) is 12.1 Å². The molecule has 0 bridgehead atoms. The monoisotopic (exact) mass is 383 g/mol. The van der Waals surface area contributed by atoms with Gasteiger partial charge in [-0.1, -0.05) is 43.3 Å². The van der Waals surface area contributed by atoms with E-state index in [9.17, 15) is 17.6 Å². The minimum Gasteiger partial charge on any atom is -0.475 e. The van der Waals surface area contributed by atoms with Gasteiger partial charge in [-0.15, -0.1) is 0 Å². The van der Waals surface area contributed by atoms with E-state index >= 15 is 0 Å². The highest BCUT2D eigenvalue weighted by molar-refractivity contribution is 5.73. The van der Waals surface area contributed by atoms with Gasteiger partial charge in [0.1, 0.15) is 5.82 Å². The Morgan fingerprint density at radius 1 is 1.22 bits per heavy atom. The van der Waals surface area contributed by atoms with Gasteiger partial charge >= 0.3 is 12.1 Å². The Labute approximate surface area is 155 Å². The van der Waals surface area contributed by atoms with Crippen molar-refractivity contribution in [3.8, 4) is 0 Å². The summed E-state index contributed by atoms with van der Waals surface area (Å²) in [5, 5.41) is 10.6. The molecule has 0 spiro atoms. The number of hydrogen-bond donors (Lipinski definition) is 2. The number of hydrogen-bond acceptors (Lipinski definition) is 2. The number of carboxylic acids is 1. The van der Waals surface area contributed by atoms with Gasteiger partial charge in [0.25, 0.3) is 0 Å². The SMILES string of the molecule is C[C@@H]1CNCCc2ccc(Cc3ccccc3F)cc21.O=C(O)C(F)(F)F.